The van der Waals surface area contributed by atoms with Gasteiger partial charge in [0.2, 0.25) is 0 Å². The molecule has 0 saturated carbocycles. The Bertz CT molecular complexity index is 323. The second-order valence-electron chi connectivity index (χ2n) is 4.88. The molecule has 82 valence electrons. The van der Waals surface area contributed by atoms with Crippen LogP contribution >= 0.6 is 0 Å². The maximum atomic E-state index is 12.8. The van der Waals surface area contributed by atoms with Gasteiger partial charge in [0.15, 0.2) is 0 Å². The largest absolute Gasteiger partial charge is 0.313 e. The molecule has 1 aliphatic rings. The van der Waals surface area contributed by atoms with Crippen molar-refractivity contribution >= 4 is 0 Å². The molecule has 1 aromatic carbocycles. The van der Waals surface area contributed by atoms with E-state index in [1.807, 2.05) is 12.1 Å². The Balaban J connectivity index is 2.23. The second-order valence-corrected chi connectivity index (χ2v) is 4.88. The standard InChI is InChI=1S/C13H18FN/c1-13(2,12-4-3-9-15-12)10-5-7-11(14)8-6-10/h5-8,12,15H,3-4,9H2,1-2H3. The van der Waals surface area contributed by atoms with E-state index in [0.29, 0.717) is 6.04 Å². The highest BCUT2D eigenvalue weighted by Crippen LogP contribution is 2.31. The zero-order valence-electron chi connectivity index (χ0n) is 9.39. The van der Waals surface area contributed by atoms with Crippen molar-refractivity contribution in [3.63, 3.8) is 0 Å². The van der Waals surface area contributed by atoms with Gasteiger partial charge < -0.3 is 5.32 Å². The lowest BCUT2D eigenvalue weighted by Crippen LogP contribution is -2.40. The third-order valence-electron chi connectivity index (χ3n) is 3.52. The smallest absolute Gasteiger partial charge is 0.123 e. The fourth-order valence-electron chi connectivity index (χ4n) is 2.38. The fraction of sp³-hybridized carbons (Fsp3) is 0.538. The molecule has 0 aromatic heterocycles. The van der Waals surface area contributed by atoms with Gasteiger partial charge in [0, 0.05) is 11.5 Å². The molecule has 1 saturated heterocycles. The molecule has 1 heterocycles. The van der Waals surface area contributed by atoms with Crippen LogP contribution in [0, 0.1) is 5.82 Å². The van der Waals surface area contributed by atoms with E-state index in [4.69, 9.17) is 0 Å². The first kappa shape index (κ1) is 10.6. The summed E-state index contributed by atoms with van der Waals surface area (Å²) in [5.74, 6) is -0.158. The number of nitrogens with one attached hydrogen (secondary N) is 1. The molecular weight excluding hydrogens is 189 g/mol. The van der Waals surface area contributed by atoms with E-state index >= 15 is 0 Å². The first-order valence-electron chi connectivity index (χ1n) is 5.60. The van der Waals surface area contributed by atoms with Gasteiger partial charge in [-0.15, -0.1) is 0 Å². The van der Waals surface area contributed by atoms with Crippen LogP contribution in [0.4, 0.5) is 4.39 Å². The summed E-state index contributed by atoms with van der Waals surface area (Å²) in [6, 6.07) is 7.41. The number of hydrogen-bond acceptors (Lipinski definition) is 1. The van der Waals surface area contributed by atoms with Gasteiger partial charge in [-0.1, -0.05) is 26.0 Å². The highest BCUT2D eigenvalue weighted by Gasteiger charge is 2.32. The van der Waals surface area contributed by atoms with Crippen molar-refractivity contribution in [1.29, 1.82) is 0 Å². The minimum absolute atomic E-state index is 0.0875. The summed E-state index contributed by atoms with van der Waals surface area (Å²) in [7, 11) is 0. The molecule has 0 spiro atoms. The molecule has 2 rings (SSSR count). The maximum absolute atomic E-state index is 12.8. The van der Waals surface area contributed by atoms with Crippen LogP contribution in [-0.4, -0.2) is 12.6 Å². The predicted octanol–water partition coefficient (Wildman–Crippen LogP) is 2.86. The van der Waals surface area contributed by atoms with Gasteiger partial charge in [0.05, 0.1) is 0 Å². The average molecular weight is 207 g/mol. The lowest BCUT2D eigenvalue weighted by molar-refractivity contribution is 0.377. The Morgan fingerprint density at radius 3 is 2.47 bits per heavy atom. The van der Waals surface area contributed by atoms with E-state index in [1.165, 1.54) is 18.4 Å². The lowest BCUT2D eigenvalue weighted by Gasteiger charge is -2.32. The molecule has 1 unspecified atom stereocenters. The van der Waals surface area contributed by atoms with E-state index in [2.05, 4.69) is 19.2 Å². The van der Waals surface area contributed by atoms with Gasteiger partial charge in [0.25, 0.3) is 0 Å². The Morgan fingerprint density at radius 2 is 1.93 bits per heavy atom. The van der Waals surface area contributed by atoms with Crippen molar-refractivity contribution in [2.45, 2.75) is 38.1 Å². The molecule has 1 nitrogen and oxygen atoms in total. The van der Waals surface area contributed by atoms with Crippen LogP contribution in [0.3, 0.4) is 0 Å². The van der Waals surface area contributed by atoms with Crippen LogP contribution in [0.2, 0.25) is 0 Å². The summed E-state index contributed by atoms with van der Waals surface area (Å²) in [5.41, 5.74) is 1.30. The van der Waals surface area contributed by atoms with E-state index in [1.54, 1.807) is 12.1 Å². The van der Waals surface area contributed by atoms with Gasteiger partial charge in [-0.05, 0) is 37.1 Å². The third kappa shape index (κ3) is 2.05. The summed E-state index contributed by atoms with van der Waals surface area (Å²) in [6.45, 7) is 5.56. The first-order chi connectivity index (χ1) is 7.10. The van der Waals surface area contributed by atoms with Crippen LogP contribution < -0.4 is 5.32 Å². The summed E-state index contributed by atoms with van der Waals surface area (Å²) in [6.07, 6.45) is 2.46. The summed E-state index contributed by atoms with van der Waals surface area (Å²) < 4.78 is 12.8. The van der Waals surface area contributed by atoms with Gasteiger partial charge >= 0.3 is 0 Å². The number of rotatable bonds is 2. The Morgan fingerprint density at radius 1 is 1.27 bits per heavy atom. The summed E-state index contributed by atoms with van der Waals surface area (Å²) in [5, 5.41) is 3.52. The van der Waals surface area contributed by atoms with E-state index in [-0.39, 0.29) is 11.2 Å². The monoisotopic (exact) mass is 207 g/mol. The number of hydrogen-bond donors (Lipinski definition) is 1. The highest BCUT2D eigenvalue weighted by atomic mass is 19.1. The van der Waals surface area contributed by atoms with Crippen LogP contribution in [-0.2, 0) is 5.41 Å². The second kappa shape index (κ2) is 3.93. The molecule has 1 atom stereocenters. The van der Waals surface area contributed by atoms with Gasteiger partial charge in [-0.25, -0.2) is 4.39 Å². The van der Waals surface area contributed by atoms with Crippen molar-refractivity contribution in [3.8, 4) is 0 Å². The average Bonchev–Trinajstić information content (AvgIpc) is 2.71. The van der Waals surface area contributed by atoms with Crippen LogP contribution in [0.1, 0.15) is 32.3 Å². The summed E-state index contributed by atoms with van der Waals surface area (Å²) in [4.78, 5) is 0. The van der Waals surface area contributed by atoms with Crippen molar-refractivity contribution in [1.82, 2.24) is 5.32 Å². The molecular formula is C13H18FN. The molecule has 1 N–H and O–H groups in total. The van der Waals surface area contributed by atoms with Gasteiger partial charge in [-0.2, -0.15) is 0 Å². The van der Waals surface area contributed by atoms with Crippen molar-refractivity contribution in [3.05, 3.63) is 35.6 Å². The van der Waals surface area contributed by atoms with Crippen LogP contribution in [0.5, 0.6) is 0 Å². The SMILES string of the molecule is CC(C)(c1ccc(F)cc1)C1CCCN1. The number of benzene rings is 1. The molecule has 1 aliphatic heterocycles. The fourth-order valence-corrected chi connectivity index (χ4v) is 2.38. The molecule has 1 fully saturated rings. The lowest BCUT2D eigenvalue weighted by atomic mass is 9.77. The molecule has 15 heavy (non-hydrogen) atoms. The van der Waals surface area contributed by atoms with Crippen LogP contribution in [0.25, 0.3) is 0 Å². The molecule has 2 heteroatoms. The van der Waals surface area contributed by atoms with Gasteiger partial charge in [-0.3, -0.25) is 0 Å². The van der Waals surface area contributed by atoms with E-state index < -0.39 is 0 Å². The zero-order valence-corrected chi connectivity index (χ0v) is 9.39. The molecule has 0 amide bonds. The highest BCUT2D eigenvalue weighted by molar-refractivity contribution is 5.26. The Kier molecular flexibility index (Phi) is 2.79. The summed E-state index contributed by atoms with van der Waals surface area (Å²) >= 11 is 0. The quantitative estimate of drug-likeness (QED) is 0.786. The van der Waals surface area contributed by atoms with Crippen molar-refractivity contribution in [2.24, 2.45) is 0 Å². The minimum Gasteiger partial charge on any atom is -0.313 e. The zero-order chi connectivity index (χ0) is 10.9. The molecule has 0 aliphatic carbocycles. The normalized spacial score (nSPS) is 21.9. The van der Waals surface area contributed by atoms with E-state index in [9.17, 15) is 4.39 Å². The molecule has 1 aromatic rings. The molecule has 0 radical (unpaired) electrons. The Hall–Kier alpha value is -0.890. The maximum Gasteiger partial charge on any atom is 0.123 e. The van der Waals surface area contributed by atoms with Crippen molar-refractivity contribution in [2.75, 3.05) is 6.54 Å². The predicted molar refractivity (Wildman–Crippen MR) is 60.5 cm³/mol. The third-order valence-corrected chi connectivity index (χ3v) is 3.52. The minimum atomic E-state index is -0.158. The topological polar surface area (TPSA) is 12.0 Å². The molecule has 0 bridgehead atoms. The Labute approximate surface area is 90.7 Å². The number of halogens is 1. The van der Waals surface area contributed by atoms with Gasteiger partial charge in [0.1, 0.15) is 5.82 Å². The van der Waals surface area contributed by atoms with E-state index in [0.717, 1.165) is 6.54 Å². The van der Waals surface area contributed by atoms with Crippen molar-refractivity contribution < 1.29 is 4.39 Å². The first-order valence-corrected chi connectivity index (χ1v) is 5.60. The van der Waals surface area contributed by atoms with Crippen LogP contribution in [0.15, 0.2) is 24.3 Å².